The van der Waals surface area contributed by atoms with Crippen LogP contribution in [0.1, 0.15) is 32.4 Å². The summed E-state index contributed by atoms with van der Waals surface area (Å²) in [6.07, 6.45) is 0. The van der Waals surface area contributed by atoms with Gasteiger partial charge in [-0.1, -0.05) is 24.8 Å². The average Bonchev–Trinajstić information content (AvgIpc) is 3.03. The monoisotopic (exact) mass is 389 g/mol. The fraction of sp³-hybridized carbons (Fsp3) is 0.389. The quantitative estimate of drug-likeness (QED) is 0.701. The number of carbonyl (C=O) groups excluding carboxylic acids is 1. The van der Waals surface area contributed by atoms with Crippen molar-refractivity contribution in [2.75, 3.05) is 24.8 Å². The summed E-state index contributed by atoms with van der Waals surface area (Å²) in [4.78, 5) is 16.7. The number of benzene rings is 1. The molecule has 1 unspecified atom stereocenters. The normalized spacial score (nSPS) is 15.9. The van der Waals surface area contributed by atoms with Crippen molar-refractivity contribution in [2.24, 2.45) is 5.73 Å². The fourth-order valence-electron chi connectivity index (χ4n) is 3.08. The van der Waals surface area contributed by atoms with Gasteiger partial charge in [0.25, 0.3) is 0 Å². The van der Waals surface area contributed by atoms with Crippen molar-refractivity contribution >= 4 is 23.6 Å². The first kappa shape index (κ1) is 19.1. The van der Waals surface area contributed by atoms with Gasteiger partial charge < -0.3 is 20.5 Å². The van der Waals surface area contributed by atoms with E-state index in [-0.39, 0.29) is 0 Å². The molecule has 1 amide bonds. The SMILES string of the molecule is CCOc1ccc(C2C(C(N)=O)=C(C)Nc3nc(SCC)nn32)cc1OC. The second-order valence-electron chi connectivity index (χ2n) is 5.87. The number of nitrogens with zero attached hydrogens (tertiary/aromatic N) is 3. The first-order valence-corrected chi connectivity index (χ1v) is 9.66. The minimum absolute atomic E-state index is 0.437. The van der Waals surface area contributed by atoms with Crippen LogP contribution in [-0.2, 0) is 4.79 Å². The van der Waals surface area contributed by atoms with E-state index in [1.165, 1.54) is 11.8 Å². The number of rotatable bonds is 7. The predicted octanol–water partition coefficient (Wildman–Crippen LogP) is 2.57. The average molecular weight is 389 g/mol. The molecule has 0 fully saturated rings. The molecule has 3 rings (SSSR count). The molecule has 144 valence electrons. The van der Waals surface area contributed by atoms with Crippen LogP contribution in [0.5, 0.6) is 11.5 Å². The third-order valence-corrected chi connectivity index (χ3v) is 4.90. The molecule has 1 aromatic carbocycles. The molecule has 9 heteroatoms. The van der Waals surface area contributed by atoms with Gasteiger partial charge in [0.15, 0.2) is 11.5 Å². The maximum Gasteiger partial charge on any atom is 0.248 e. The van der Waals surface area contributed by atoms with E-state index in [1.54, 1.807) is 11.8 Å². The summed E-state index contributed by atoms with van der Waals surface area (Å²) >= 11 is 1.53. The number of methoxy groups -OCH3 is 1. The molecule has 3 N–H and O–H groups in total. The number of fused-ring (bicyclic) bond motifs is 1. The van der Waals surface area contributed by atoms with Gasteiger partial charge in [0, 0.05) is 5.70 Å². The van der Waals surface area contributed by atoms with Gasteiger partial charge in [-0.2, -0.15) is 4.98 Å². The van der Waals surface area contributed by atoms with Gasteiger partial charge in [-0.3, -0.25) is 4.79 Å². The van der Waals surface area contributed by atoms with Crippen LogP contribution in [0.25, 0.3) is 0 Å². The van der Waals surface area contributed by atoms with Crippen LogP contribution in [0.3, 0.4) is 0 Å². The molecule has 2 heterocycles. The van der Waals surface area contributed by atoms with Crippen LogP contribution in [0.4, 0.5) is 5.95 Å². The standard InChI is InChI=1S/C18H23N5O3S/c1-5-26-12-8-7-11(9-13(12)25-4)15-14(16(19)24)10(3)20-17-21-18(27-6-2)22-23(15)17/h7-9,15H,5-6H2,1-4H3,(H2,19,24)(H,20,21,22). The Morgan fingerprint density at radius 2 is 2.15 bits per heavy atom. The molecule has 27 heavy (non-hydrogen) atoms. The molecule has 1 aromatic heterocycles. The van der Waals surface area contributed by atoms with E-state index in [9.17, 15) is 4.79 Å². The maximum absolute atomic E-state index is 12.2. The first-order chi connectivity index (χ1) is 13.0. The van der Waals surface area contributed by atoms with Crippen LogP contribution in [0.15, 0.2) is 34.6 Å². The third kappa shape index (κ3) is 3.59. The molecule has 0 aliphatic carbocycles. The number of thioether (sulfide) groups is 1. The Morgan fingerprint density at radius 1 is 1.37 bits per heavy atom. The zero-order chi connectivity index (χ0) is 19.6. The molecule has 1 aliphatic rings. The Hall–Kier alpha value is -2.68. The lowest BCUT2D eigenvalue weighted by atomic mass is 9.95. The van der Waals surface area contributed by atoms with Gasteiger partial charge in [0.2, 0.25) is 17.0 Å². The Labute approximate surface area is 162 Å². The van der Waals surface area contributed by atoms with Gasteiger partial charge >= 0.3 is 0 Å². The molecule has 0 saturated carbocycles. The summed E-state index contributed by atoms with van der Waals surface area (Å²) < 4.78 is 12.7. The molecule has 8 nitrogen and oxygen atoms in total. The fourth-order valence-corrected chi connectivity index (χ4v) is 3.63. The Bertz CT molecular complexity index is 893. The molecule has 1 atom stereocenters. The lowest BCUT2D eigenvalue weighted by Crippen LogP contribution is -2.31. The molecule has 0 saturated heterocycles. The second-order valence-corrected chi connectivity index (χ2v) is 7.10. The van der Waals surface area contributed by atoms with Crippen molar-refractivity contribution in [3.05, 3.63) is 35.0 Å². The van der Waals surface area contributed by atoms with Crippen molar-refractivity contribution in [3.8, 4) is 11.5 Å². The largest absolute Gasteiger partial charge is 0.493 e. The molecule has 1 aliphatic heterocycles. The predicted molar refractivity (Wildman–Crippen MR) is 104 cm³/mol. The van der Waals surface area contributed by atoms with E-state index in [0.717, 1.165) is 11.3 Å². The smallest absolute Gasteiger partial charge is 0.248 e. The highest BCUT2D eigenvalue weighted by Gasteiger charge is 2.33. The van der Waals surface area contributed by atoms with Crippen LogP contribution in [0, 0.1) is 0 Å². The van der Waals surface area contributed by atoms with Gasteiger partial charge in [-0.05, 0) is 37.3 Å². The maximum atomic E-state index is 12.2. The van der Waals surface area contributed by atoms with Crippen molar-refractivity contribution in [1.29, 1.82) is 0 Å². The molecule has 0 spiro atoms. The summed E-state index contributed by atoms with van der Waals surface area (Å²) in [5.41, 5.74) is 7.60. The summed E-state index contributed by atoms with van der Waals surface area (Å²) in [6, 6.07) is 5.06. The Morgan fingerprint density at radius 3 is 2.78 bits per heavy atom. The van der Waals surface area contributed by atoms with Crippen molar-refractivity contribution < 1.29 is 14.3 Å². The summed E-state index contributed by atoms with van der Waals surface area (Å²) in [5, 5.41) is 8.34. The highest BCUT2D eigenvalue weighted by Crippen LogP contribution is 2.39. The molecule has 0 radical (unpaired) electrons. The molecular weight excluding hydrogens is 366 g/mol. The van der Waals surface area contributed by atoms with E-state index in [1.807, 2.05) is 39.0 Å². The number of hydrogen-bond acceptors (Lipinski definition) is 7. The Balaban J connectivity index is 2.14. The minimum atomic E-state index is -0.510. The number of allylic oxidation sites excluding steroid dienone is 1. The van der Waals surface area contributed by atoms with Crippen LogP contribution in [0.2, 0.25) is 0 Å². The number of primary amides is 1. The van der Waals surface area contributed by atoms with Crippen LogP contribution < -0.4 is 20.5 Å². The molecule has 0 bridgehead atoms. The molecular formula is C18H23N5O3S. The zero-order valence-corrected chi connectivity index (χ0v) is 16.6. The number of carbonyl (C=O) groups is 1. The number of aromatic nitrogens is 3. The van der Waals surface area contributed by atoms with Gasteiger partial charge in [-0.15, -0.1) is 5.10 Å². The van der Waals surface area contributed by atoms with Crippen molar-refractivity contribution in [2.45, 2.75) is 32.0 Å². The van der Waals surface area contributed by atoms with E-state index >= 15 is 0 Å². The zero-order valence-electron chi connectivity index (χ0n) is 15.8. The number of nitrogens with two attached hydrogens (primary N) is 1. The minimum Gasteiger partial charge on any atom is -0.493 e. The summed E-state index contributed by atoms with van der Waals surface area (Å²) in [6.45, 7) is 6.28. The highest BCUT2D eigenvalue weighted by atomic mass is 32.2. The lowest BCUT2D eigenvalue weighted by Gasteiger charge is -2.28. The van der Waals surface area contributed by atoms with Gasteiger partial charge in [-0.25, -0.2) is 4.68 Å². The van der Waals surface area contributed by atoms with Gasteiger partial charge in [0.05, 0.1) is 19.3 Å². The number of nitrogens with one attached hydrogen (secondary N) is 1. The van der Waals surface area contributed by atoms with E-state index < -0.39 is 11.9 Å². The van der Waals surface area contributed by atoms with E-state index in [4.69, 9.17) is 15.2 Å². The van der Waals surface area contributed by atoms with Crippen LogP contribution in [-0.4, -0.2) is 40.1 Å². The van der Waals surface area contributed by atoms with Crippen molar-refractivity contribution in [3.63, 3.8) is 0 Å². The second kappa shape index (κ2) is 7.91. The van der Waals surface area contributed by atoms with Gasteiger partial charge in [0.1, 0.15) is 6.04 Å². The summed E-state index contributed by atoms with van der Waals surface area (Å²) in [7, 11) is 1.58. The number of anilines is 1. The highest BCUT2D eigenvalue weighted by molar-refractivity contribution is 7.99. The third-order valence-electron chi connectivity index (χ3n) is 4.18. The number of hydrogen-bond donors (Lipinski definition) is 2. The van der Waals surface area contributed by atoms with Crippen molar-refractivity contribution in [1.82, 2.24) is 14.8 Å². The first-order valence-electron chi connectivity index (χ1n) is 8.67. The van der Waals surface area contributed by atoms with E-state index in [2.05, 4.69) is 15.4 Å². The Kier molecular flexibility index (Phi) is 5.59. The number of amides is 1. The lowest BCUT2D eigenvalue weighted by molar-refractivity contribution is -0.115. The number of ether oxygens (including phenoxy) is 2. The van der Waals surface area contributed by atoms with Crippen LogP contribution >= 0.6 is 11.8 Å². The summed E-state index contributed by atoms with van der Waals surface area (Å²) in [5.74, 6) is 2.13. The topological polar surface area (TPSA) is 104 Å². The van der Waals surface area contributed by atoms with E-state index in [0.29, 0.717) is 40.5 Å². The molecule has 2 aromatic rings.